The van der Waals surface area contributed by atoms with E-state index in [0.717, 1.165) is 12.2 Å². The van der Waals surface area contributed by atoms with E-state index in [1.165, 1.54) is 11.1 Å². The van der Waals surface area contributed by atoms with E-state index in [1.807, 2.05) is 13.1 Å². The predicted molar refractivity (Wildman–Crippen MR) is 78.2 cm³/mol. The fraction of sp³-hybridized carbons (Fsp3) is 0.533. The monoisotopic (exact) mass is 261 g/mol. The third-order valence-corrected chi connectivity index (χ3v) is 3.57. The van der Waals surface area contributed by atoms with Crippen molar-refractivity contribution in [2.75, 3.05) is 18.9 Å². The van der Waals surface area contributed by atoms with Gasteiger partial charge in [-0.3, -0.25) is 0 Å². The summed E-state index contributed by atoms with van der Waals surface area (Å²) in [5.74, 6) is 0.536. The first kappa shape index (κ1) is 13.9. The second kappa shape index (κ2) is 5.61. The molecule has 0 fully saturated rings. The van der Waals surface area contributed by atoms with Crippen molar-refractivity contribution in [1.82, 2.24) is 10.2 Å². The van der Waals surface area contributed by atoms with Crippen molar-refractivity contribution >= 4 is 11.7 Å². The van der Waals surface area contributed by atoms with Crippen LogP contribution in [0.25, 0.3) is 0 Å². The maximum Gasteiger partial charge on any atom is 0.321 e. The Bertz CT molecular complexity index is 470. The number of rotatable bonds is 4. The van der Waals surface area contributed by atoms with Crippen LogP contribution < -0.4 is 10.6 Å². The molecule has 0 aromatic heterocycles. The van der Waals surface area contributed by atoms with E-state index in [-0.39, 0.29) is 6.03 Å². The summed E-state index contributed by atoms with van der Waals surface area (Å²) in [4.78, 5) is 13.3. The summed E-state index contributed by atoms with van der Waals surface area (Å²) in [6.45, 7) is 8.20. The van der Waals surface area contributed by atoms with Gasteiger partial charge >= 0.3 is 6.03 Å². The van der Waals surface area contributed by atoms with Gasteiger partial charge in [0.2, 0.25) is 0 Å². The third kappa shape index (κ3) is 2.89. The standard InChI is InChI=1S/C15H23N3O/c1-5-16-14(10(2)3)11-6-7-13-12(8-11)9-18(4)15(19)17-13/h6-8,10,14,16H,5,9H2,1-4H3,(H,17,19). The number of carbonyl (C=O) groups is 1. The summed E-state index contributed by atoms with van der Waals surface area (Å²) >= 11 is 0. The van der Waals surface area contributed by atoms with Gasteiger partial charge in [-0.1, -0.05) is 32.9 Å². The highest BCUT2D eigenvalue weighted by Gasteiger charge is 2.21. The van der Waals surface area contributed by atoms with Crippen LogP contribution in [0.1, 0.15) is 37.9 Å². The Balaban J connectivity index is 2.30. The van der Waals surface area contributed by atoms with Gasteiger partial charge in [-0.2, -0.15) is 0 Å². The van der Waals surface area contributed by atoms with E-state index < -0.39 is 0 Å². The zero-order valence-corrected chi connectivity index (χ0v) is 12.2. The molecule has 0 saturated carbocycles. The summed E-state index contributed by atoms with van der Waals surface area (Å²) < 4.78 is 0. The van der Waals surface area contributed by atoms with Gasteiger partial charge in [-0.15, -0.1) is 0 Å². The molecule has 1 unspecified atom stereocenters. The fourth-order valence-corrected chi connectivity index (χ4v) is 2.56. The van der Waals surface area contributed by atoms with Crippen LogP contribution in [-0.2, 0) is 6.54 Å². The minimum atomic E-state index is -0.0349. The average Bonchev–Trinajstić information content (AvgIpc) is 2.36. The number of urea groups is 1. The van der Waals surface area contributed by atoms with Gasteiger partial charge in [0.15, 0.2) is 0 Å². The minimum Gasteiger partial charge on any atom is -0.323 e. The number of amides is 2. The third-order valence-electron chi connectivity index (χ3n) is 3.57. The maximum atomic E-state index is 11.6. The lowest BCUT2D eigenvalue weighted by atomic mass is 9.93. The van der Waals surface area contributed by atoms with Crippen molar-refractivity contribution in [1.29, 1.82) is 0 Å². The molecule has 1 aromatic carbocycles. The van der Waals surface area contributed by atoms with Gasteiger partial charge in [0.05, 0.1) is 0 Å². The zero-order valence-electron chi connectivity index (χ0n) is 12.2. The van der Waals surface area contributed by atoms with Gasteiger partial charge < -0.3 is 15.5 Å². The Labute approximate surface area is 115 Å². The van der Waals surface area contributed by atoms with Crippen LogP contribution in [0.4, 0.5) is 10.5 Å². The smallest absolute Gasteiger partial charge is 0.321 e. The van der Waals surface area contributed by atoms with E-state index in [2.05, 4.69) is 43.5 Å². The van der Waals surface area contributed by atoms with Gasteiger partial charge in [-0.05, 0) is 29.7 Å². The van der Waals surface area contributed by atoms with Crippen LogP contribution in [0.2, 0.25) is 0 Å². The topological polar surface area (TPSA) is 44.4 Å². The first-order valence-electron chi connectivity index (χ1n) is 6.91. The number of hydrogen-bond acceptors (Lipinski definition) is 2. The molecular formula is C15H23N3O. The highest BCUT2D eigenvalue weighted by Crippen LogP contribution is 2.28. The summed E-state index contributed by atoms with van der Waals surface area (Å²) in [5.41, 5.74) is 3.41. The summed E-state index contributed by atoms with van der Waals surface area (Å²) in [7, 11) is 1.81. The molecular weight excluding hydrogens is 238 g/mol. The van der Waals surface area contributed by atoms with Crippen molar-refractivity contribution in [3.05, 3.63) is 29.3 Å². The summed E-state index contributed by atoms with van der Waals surface area (Å²) in [6.07, 6.45) is 0. The Hall–Kier alpha value is -1.55. The minimum absolute atomic E-state index is 0.0349. The van der Waals surface area contributed by atoms with E-state index in [9.17, 15) is 4.79 Å². The maximum absolute atomic E-state index is 11.6. The molecule has 4 nitrogen and oxygen atoms in total. The number of benzene rings is 1. The Morgan fingerprint density at radius 2 is 2.16 bits per heavy atom. The Kier molecular flexibility index (Phi) is 4.10. The molecule has 1 aliphatic heterocycles. The molecule has 1 atom stereocenters. The number of anilines is 1. The quantitative estimate of drug-likeness (QED) is 0.875. The first-order chi connectivity index (χ1) is 9.02. The number of hydrogen-bond donors (Lipinski definition) is 2. The highest BCUT2D eigenvalue weighted by molar-refractivity contribution is 5.92. The number of fused-ring (bicyclic) bond motifs is 1. The zero-order chi connectivity index (χ0) is 14.0. The normalized spacial score (nSPS) is 16.3. The van der Waals surface area contributed by atoms with Crippen LogP contribution in [-0.4, -0.2) is 24.5 Å². The van der Waals surface area contributed by atoms with Gasteiger partial charge in [-0.25, -0.2) is 4.79 Å². The van der Waals surface area contributed by atoms with Crippen molar-refractivity contribution in [3.8, 4) is 0 Å². The van der Waals surface area contributed by atoms with Crippen LogP contribution in [0.15, 0.2) is 18.2 Å². The molecule has 2 N–H and O–H groups in total. The molecule has 0 aliphatic carbocycles. The first-order valence-corrected chi connectivity index (χ1v) is 6.91. The summed E-state index contributed by atoms with van der Waals surface area (Å²) in [5, 5.41) is 6.43. The summed E-state index contributed by atoms with van der Waals surface area (Å²) in [6, 6.07) is 6.66. The Morgan fingerprint density at radius 3 is 2.79 bits per heavy atom. The van der Waals surface area contributed by atoms with Crippen molar-refractivity contribution in [2.24, 2.45) is 5.92 Å². The molecule has 0 saturated heterocycles. The molecule has 2 amide bonds. The van der Waals surface area contributed by atoms with Crippen LogP contribution in [0.3, 0.4) is 0 Å². The molecule has 0 spiro atoms. The van der Waals surface area contributed by atoms with Gasteiger partial charge in [0, 0.05) is 25.3 Å². The van der Waals surface area contributed by atoms with Gasteiger partial charge in [0.1, 0.15) is 0 Å². The lowest BCUT2D eigenvalue weighted by molar-refractivity contribution is 0.218. The lowest BCUT2D eigenvalue weighted by Crippen LogP contribution is -2.35. The lowest BCUT2D eigenvalue weighted by Gasteiger charge is -2.28. The highest BCUT2D eigenvalue weighted by atomic mass is 16.2. The van der Waals surface area contributed by atoms with Crippen LogP contribution in [0.5, 0.6) is 0 Å². The molecule has 0 bridgehead atoms. The van der Waals surface area contributed by atoms with E-state index in [4.69, 9.17) is 0 Å². The largest absolute Gasteiger partial charge is 0.323 e. The predicted octanol–water partition coefficient (Wildman–Crippen LogP) is 2.97. The van der Waals surface area contributed by atoms with Crippen molar-refractivity contribution < 1.29 is 4.79 Å². The number of nitrogens with zero attached hydrogens (tertiary/aromatic N) is 1. The van der Waals surface area contributed by atoms with Crippen molar-refractivity contribution in [3.63, 3.8) is 0 Å². The van der Waals surface area contributed by atoms with Crippen LogP contribution in [0, 0.1) is 5.92 Å². The average molecular weight is 261 g/mol. The number of nitrogens with one attached hydrogen (secondary N) is 2. The van der Waals surface area contributed by atoms with E-state index in [0.29, 0.717) is 18.5 Å². The van der Waals surface area contributed by atoms with Crippen LogP contribution >= 0.6 is 0 Å². The molecule has 1 aliphatic rings. The van der Waals surface area contributed by atoms with E-state index >= 15 is 0 Å². The van der Waals surface area contributed by atoms with Gasteiger partial charge in [0.25, 0.3) is 0 Å². The molecule has 1 heterocycles. The molecule has 4 heteroatoms. The molecule has 0 radical (unpaired) electrons. The molecule has 19 heavy (non-hydrogen) atoms. The van der Waals surface area contributed by atoms with E-state index in [1.54, 1.807) is 4.90 Å². The molecule has 1 aromatic rings. The second-order valence-corrected chi connectivity index (χ2v) is 5.48. The number of carbonyl (C=O) groups excluding carboxylic acids is 1. The molecule has 104 valence electrons. The van der Waals surface area contributed by atoms with Crippen molar-refractivity contribution in [2.45, 2.75) is 33.4 Å². The molecule has 2 rings (SSSR count). The Morgan fingerprint density at radius 1 is 1.42 bits per heavy atom. The second-order valence-electron chi connectivity index (χ2n) is 5.48. The fourth-order valence-electron chi connectivity index (χ4n) is 2.56. The SMILES string of the molecule is CCNC(c1ccc2c(c1)CN(C)C(=O)N2)C(C)C.